The first-order valence-corrected chi connectivity index (χ1v) is 8.78. The summed E-state index contributed by atoms with van der Waals surface area (Å²) < 4.78 is 60.4. The molecule has 0 aliphatic heterocycles. The van der Waals surface area contributed by atoms with Crippen LogP contribution in [-0.2, 0) is 16.0 Å². The van der Waals surface area contributed by atoms with Gasteiger partial charge in [-0.2, -0.15) is 13.2 Å². The minimum absolute atomic E-state index is 0.0356. The van der Waals surface area contributed by atoms with Gasteiger partial charge in [0.25, 0.3) is 0 Å². The zero-order valence-electron chi connectivity index (χ0n) is 12.1. The number of halogens is 3. The lowest BCUT2D eigenvalue weighted by molar-refractivity contribution is -0.137. The highest BCUT2D eigenvalue weighted by molar-refractivity contribution is 7.90. The van der Waals surface area contributed by atoms with Crippen LogP contribution in [0.2, 0.25) is 0 Å². The molecule has 1 aromatic carbocycles. The lowest BCUT2D eigenvalue weighted by Gasteiger charge is -2.19. The fraction of sp³-hybridized carbons (Fsp3) is 0.571. The molecule has 21 heavy (non-hydrogen) atoms. The maximum Gasteiger partial charge on any atom is 0.416 e. The van der Waals surface area contributed by atoms with E-state index in [-0.39, 0.29) is 11.8 Å². The zero-order valence-corrected chi connectivity index (χ0v) is 12.9. The Morgan fingerprint density at radius 1 is 1.29 bits per heavy atom. The summed E-state index contributed by atoms with van der Waals surface area (Å²) in [7, 11) is -3.06. The molecule has 120 valence electrons. The quantitative estimate of drug-likeness (QED) is 0.838. The molecule has 1 aromatic rings. The molecule has 0 aliphatic carbocycles. The summed E-state index contributed by atoms with van der Waals surface area (Å²) in [6, 6.07) is 4.87. The molecule has 0 radical (unpaired) electrons. The summed E-state index contributed by atoms with van der Waals surface area (Å²) >= 11 is 0. The van der Waals surface area contributed by atoms with Crippen LogP contribution in [0.5, 0.6) is 0 Å². The molecule has 0 heterocycles. The Labute approximate surface area is 123 Å². The van der Waals surface area contributed by atoms with Crippen LogP contribution in [0.3, 0.4) is 0 Å². The van der Waals surface area contributed by atoms with Crippen LogP contribution in [0.1, 0.15) is 36.9 Å². The Morgan fingerprint density at radius 3 is 2.48 bits per heavy atom. The van der Waals surface area contributed by atoms with Gasteiger partial charge < -0.3 is 5.32 Å². The molecule has 3 nitrogen and oxygen atoms in total. The second kappa shape index (κ2) is 7.26. The molecular formula is C14H20F3NO2S. The van der Waals surface area contributed by atoms with Crippen LogP contribution in [0.15, 0.2) is 24.3 Å². The number of hydrogen-bond acceptors (Lipinski definition) is 3. The minimum atomic E-state index is -4.38. The Morgan fingerprint density at radius 2 is 1.95 bits per heavy atom. The van der Waals surface area contributed by atoms with Crippen molar-refractivity contribution in [3.05, 3.63) is 35.4 Å². The van der Waals surface area contributed by atoms with Crippen molar-refractivity contribution in [2.24, 2.45) is 0 Å². The third kappa shape index (κ3) is 6.48. The van der Waals surface area contributed by atoms with E-state index >= 15 is 0 Å². The van der Waals surface area contributed by atoms with E-state index in [1.807, 2.05) is 6.92 Å². The van der Waals surface area contributed by atoms with Crippen LogP contribution in [-0.4, -0.2) is 27.0 Å². The summed E-state index contributed by atoms with van der Waals surface area (Å²) in [5.41, 5.74) is -0.161. The van der Waals surface area contributed by atoms with Gasteiger partial charge in [0, 0.05) is 18.1 Å². The van der Waals surface area contributed by atoms with Crippen LogP contribution < -0.4 is 5.32 Å². The molecule has 1 rings (SSSR count). The van der Waals surface area contributed by atoms with Gasteiger partial charge in [0.1, 0.15) is 9.84 Å². The van der Waals surface area contributed by atoms with Gasteiger partial charge in [-0.1, -0.05) is 19.1 Å². The van der Waals surface area contributed by atoms with Crippen molar-refractivity contribution in [1.82, 2.24) is 5.32 Å². The first-order chi connectivity index (χ1) is 9.63. The summed E-state index contributed by atoms with van der Waals surface area (Å²) in [6.45, 7) is 2.46. The normalized spacial score (nSPS) is 14.1. The van der Waals surface area contributed by atoms with Gasteiger partial charge in [-0.3, -0.25) is 0 Å². The van der Waals surface area contributed by atoms with Crippen molar-refractivity contribution in [2.75, 3.05) is 18.6 Å². The van der Waals surface area contributed by atoms with E-state index in [1.54, 1.807) is 6.07 Å². The third-order valence-electron chi connectivity index (χ3n) is 3.07. The van der Waals surface area contributed by atoms with Crippen LogP contribution in [0, 0.1) is 0 Å². The molecule has 0 saturated heterocycles. The van der Waals surface area contributed by atoms with Gasteiger partial charge in [0.2, 0.25) is 0 Å². The van der Waals surface area contributed by atoms with E-state index in [0.29, 0.717) is 24.9 Å². The highest BCUT2D eigenvalue weighted by Gasteiger charge is 2.30. The average molecular weight is 323 g/mol. The van der Waals surface area contributed by atoms with E-state index in [0.717, 1.165) is 18.4 Å². The maximum atomic E-state index is 12.7. The Bertz CT molecular complexity index is 556. The highest BCUT2D eigenvalue weighted by Crippen LogP contribution is 2.31. The maximum absolute atomic E-state index is 12.7. The topological polar surface area (TPSA) is 46.2 Å². The molecule has 0 aliphatic rings. The number of sulfone groups is 1. The van der Waals surface area contributed by atoms with E-state index in [2.05, 4.69) is 5.32 Å². The van der Waals surface area contributed by atoms with Gasteiger partial charge in [0.05, 0.1) is 5.56 Å². The van der Waals surface area contributed by atoms with Crippen LogP contribution in [0.25, 0.3) is 0 Å². The number of hydrogen-bond donors (Lipinski definition) is 1. The standard InChI is InChI=1S/C14H20F3NO2S/c1-3-18-13(8-5-9-21(2,19)20)11-6-4-7-12(10-11)14(15,16)17/h4,6-7,10,13,18H,3,5,8-9H2,1-2H3. The smallest absolute Gasteiger partial charge is 0.310 e. The first-order valence-electron chi connectivity index (χ1n) is 6.71. The van der Waals surface area contributed by atoms with Crippen molar-refractivity contribution >= 4 is 9.84 Å². The number of alkyl halides is 3. The predicted octanol–water partition coefficient (Wildman–Crippen LogP) is 3.18. The summed E-state index contributed by atoms with van der Waals surface area (Å²) in [6.07, 6.45) is -2.34. The van der Waals surface area contributed by atoms with Crippen molar-refractivity contribution in [2.45, 2.75) is 32.0 Å². The number of nitrogens with one attached hydrogen (secondary N) is 1. The zero-order chi connectivity index (χ0) is 16.1. The molecule has 0 spiro atoms. The van der Waals surface area contributed by atoms with Gasteiger partial charge in [-0.05, 0) is 37.1 Å². The fourth-order valence-corrected chi connectivity index (χ4v) is 2.81. The van der Waals surface area contributed by atoms with E-state index in [4.69, 9.17) is 0 Å². The third-order valence-corrected chi connectivity index (χ3v) is 4.11. The van der Waals surface area contributed by atoms with Crippen LogP contribution in [0.4, 0.5) is 13.2 Å². The molecule has 0 fully saturated rings. The van der Waals surface area contributed by atoms with Gasteiger partial charge in [0.15, 0.2) is 0 Å². The van der Waals surface area contributed by atoms with Gasteiger partial charge in [-0.15, -0.1) is 0 Å². The second-order valence-electron chi connectivity index (χ2n) is 5.01. The summed E-state index contributed by atoms with van der Waals surface area (Å²) in [5.74, 6) is 0.0356. The molecule has 1 N–H and O–H groups in total. The first kappa shape index (κ1) is 18.0. The molecule has 0 saturated carbocycles. The molecule has 0 amide bonds. The minimum Gasteiger partial charge on any atom is -0.310 e. The average Bonchev–Trinajstić information content (AvgIpc) is 2.35. The van der Waals surface area contributed by atoms with Crippen LogP contribution >= 0.6 is 0 Å². The monoisotopic (exact) mass is 323 g/mol. The van der Waals surface area contributed by atoms with Gasteiger partial charge in [-0.25, -0.2) is 8.42 Å². The largest absolute Gasteiger partial charge is 0.416 e. The Hall–Kier alpha value is -1.08. The highest BCUT2D eigenvalue weighted by atomic mass is 32.2. The van der Waals surface area contributed by atoms with Crippen molar-refractivity contribution in [1.29, 1.82) is 0 Å². The summed E-state index contributed by atoms with van der Waals surface area (Å²) in [4.78, 5) is 0. The molecule has 1 unspecified atom stereocenters. The van der Waals surface area contributed by atoms with E-state index in [9.17, 15) is 21.6 Å². The fourth-order valence-electron chi connectivity index (χ4n) is 2.11. The number of rotatable bonds is 7. The van der Waals surface area contributed by atoms with Crippen molar-refractivity contribution in [3.8, 4) is 0 Å². The molecule has 0 aromatic heterocycles. The Balaban J connectivity index is 2.85. The predicted molar refractivity (Wildman–Crippen MR) is 76.8 cm³/mol. The van der Waals surface area contributed by atoms with E-state index in [1.165, 1.54) is 6.07 Å². The SMILES string of the molecule is CCNC(CCCS(C)(=O)=O)c1cccc(C(F)(F)F)c1. The Kier molecular flexibility index (Phi) is 6.22. The second-order valence-corrected chi connectivity index (χ2v) is 7.27. The summed E-state index contributed by atoms with van der Waals surface area (Å²) in [5, 5.41) is 3.10. The van der Waals surface area contributed by atoms with E-state index < -0.39 is 21.6 Å². The molecule has 1 atom stereocenters. The lowest BCUT2D eigenvalue weighted by atomic mass is 10.00. The van der Waals surface area contributed by atoms with Crippen molar-refractivity contribution < 1.29 is 21.6 Å². The lowest BCUT2D eigenvalue weighted by Crippen LogP contribution is -2.22. The molecule has 7 heteroatoms. The van der Waals surface area contributed by atoms with Gasteiger partial charge >= 0.3 is 6.18 Å². The number of benzene rings is 1. The van der Waals surface area contributed by atoms with Crippen molar-refractivity contribution in [3.63, 3.8) is 0 Å². The molecule has 0 bridgehead atoms. The molecular weight excluding hydrogens is 303 g/mol.